The number of ketones is 1. The number of esters is 1. The lowest BCUT2D eigenvalue weighted by atomic mass is 10.2. The summed E-state index contributed by atoms with van der Waals surface area (Å²) < 4.78 is 29.6. The largest absolute Gasteiger partial charge is 0.456 e. The molecule has 0 unspecified atom stereocenters. The maximum Gasteiger partial charge on any atom is 0.306 e. The van der Waals surface area contributed by atoms with Crippen LogP contribution in [0.1, 0.15) is 19.8 Å². The number of carbonyl (C=O) groups excluding carboxylic acids is 3. The Morgan fingerprint density at radius 1 is 1.08 bits per heavy atom. The highest BCUT2D eigenvalue weighted by Crippen LogP contribution is 2.16. The second-order valence-electron chi connectivity index (χ2n) is 5.22. The summed E-state index contributed by atoms with van der Waals surface area (Å²) >= 11 is 0. The van der Waals surface area contributed by atoms with Gasteiger partial charge in [0.15, 0.2) is 6.61 Å². The lowest BCUT2D eigenvalue weighted by Gasteiger charge is -2.12. The SMILES string of the molecule is CC(=O)CCC(=O)OCC(=O)Nc1ccc(S(=O)(=O)N(C)C)cc1. The molecule has 0 atom stereocenters. The Morgan fingerprint density at radius 2 is 1.67 bits per heavy atom. The zero-order valence-corrected chi connectivity index (χ0v) is 14.6. The van der Waals surface area contributed by atoms with E-state index in [1.165, 1.54) is 45.3 Å². The number of carbonyl (C=O) groups is 3. The minimum Gasteiger partial charge on any atom is -0.456 e. The maximum absolute atomic E-state index is 11.9. The molecule has 0 spiro atoms. The smallest absolute Gasteiger partial charge is 0.306 e. The van der Waals surface area contributed by atoms with Gasteiger partial charge < -0.3 is 14.8 Å². The van der Waals surface area contributed by atoms with Crippen molar-refractivity contribution < 1.29 is 27.5 Å². The summed E-state index contributed by atoms with van der Waals surface area (Å²) in [4.78, 5) is 33.8. The van der Waals surface area contributed by atoms with Crippen LogP contribution in [0.2, 0.25) is 0 Å². The quantitative estimate of drug-likeness (QED) is 0.690. The summed E-state index contributed by atoms with van der Waals surface area (Å²) in [6.45, 7) is 0.884. The summed E-state index contributed by atoms with van der Waals surface area (Å²) in [5.41, 5.74) is 0.373. The standard InChI is InChI=1S/C15H20N2O6S/c1-11(18)4-9-15(20)23-10-14(19)16-12-5-7-13(8-6-12)24(21,22)17(2)3/h5-8H,4,9-10H2,1-3H3,(H,16,19). The first-order chi connectivity index (χ1) is 11.1. The van der Waals surface area contributed by atoms with Crippen LogP contribution >= 0.6 is 0 Å². The highest BCUT2D eigenvalue weighted by Gasteiger charge is 2.17. The van der Waals surface area contributed by atoms with Gasteiger partial charge in [0.2, 0.25) is 10.0 Å². The number of nitrogens with zero attached hydrogens (tertiary/aromatic N) is 1. The van der Waals surface area contributed by atoms with Gasteiger partial charge in [0, 0.05) is 26.2 Å². The van der Waals surface area contributed by atoms with Crippen molar-refractivity contribution in [3.8, 4) is 0 Å². The number of anilines is 1. The van der Waals surface area contributed by atoms with E-state index in [2.05, 4.69) is 5.32 Å². The molecule has 0 heterocycles. The van der Waals surface area contributed by atoms with E-state index in [1.807, 2.05) is 0 Å². The van der Waals surface area contributed by atoms with Crippen LogP contribution in [0.4, 0.5) is 5.69 Å². The second kappa shape index (κ2) is 8.55. The maximum atomic E-state index is 11.9. The van der Waals surface area contributed by atoms with Crippen molar-refractivity contribution in [2.24, 2.45) is 0 Å². The van der Waals surface area contributed by atoms with Gasteiger partial charge in [-0.15, -0.1) is 0 Å². The number of hydrogen-bond acceptors (Lipinski definition) is 6. The zero-order valence-electron chi connectivity index (χ0n) is 13.7. The first-order valence-corrected chi connectivity index (χ1v) is 8.54. The number of ether oxygens (including phenoxy) is 1. The molecule has 1 aromatic carbocycles. The number of amides is 1. The molecule has 0 saturated carbocycles. The fourth-order valence-corrected chi connectivity index (χ4v) is 2.52. The number of rotatable bonds is 8. The molecule has 1 N–H and O–H groups in total. The van der Waals surface area contributed by atoms with Crippen molar-refractivity contribution in [2.45, 2.75) is 24.7 Å². The third-order valence-electron chi connectivity index (χ3n) is 2.96. The Morgan fingerprint density at radius 3 is 2.17 bits per heavy atom. The van der Waals surface area contributed by atoms with Crippen molar-refractivity contribution in [1.82, 2.24) is 4.31 Å². The van der Waals surface area contributed by atoms with Crippen LogP contribution in [0.15, 0.2) is 29.2 Å². The Kier molecular flexibility index (Phi) is 7.05. The summed E-state index contributed by atoms with van der Waals surface area (Å²) in [5, 5.41) is 2.48. The van der Waals surface area contributed by atoms with Crippen molar-refractivity contribution in [2.75, 3.05) is 26.0 Å². The normalized spacial score (nSPS) is 11.2. The topological polar surface area (TPSA) is 110 Å². The van der Waals surface area contributed by atoms with Crippen LogP contribution in [-0.2, 0) is 29.1 Å². The van der Waals surface area contributed by atoms with Crippen molar-refractivity contribution in [3.63, 3.8) is 0 Å². The minimum absolute atomic E-state index is 0.0697. The fraction of sp³-hybridized carbons (Fsp3) is 0.400. The van der Waals surface area contributed by atoms with Gasteiger partial charge in [-0.1, -0.05) is 0 Å². The minimum atomic E-state index is -3.53. The molecule has 8 nitrogen and oxygen atoms in total. The van der Waals surface area contributed by atoms with E-state index in [0.717, 1.165) is 4.31 Å². The van der Waals surface area contributed by atoms with Gasteiger partial charge in [-0.05, 0) is 31.2 Å². The average Bonchev–Trinajstić information content (AvgIpc) is 2.51. The number of Topliss-reactive ketones (excluding diaryl/α,β-unsaturated/α-hetero) is 1. The molecule has 9 heteroatoms. The molecule has 1 amide bonds. The third-order valence-corrected chi connectivity index (χ3v) is 4.79. The lowest BCUT2D eigenvalue weighted by Crippen LogP contribution is -2.22. The van der Waals surface area contributed by atoms with Crippen molar-refractivity contribution in [3.05, 3.63) is 24.3 Å². The lowest BCUT2D eigenvalue weighted by molar-refractivity contribution is -0.148. The van der Waals surface area contributed by atoms with Crippen LogP contribution in [0.3, 0.4) is 0 Å². The predicted octanol–water partition coefficient (Wildman–Crippen LogP) is 0.788. The third kappa shape index (κ3) is 6.09. The van der Waals surface area contributed by atoms with Crippen LogP contribution < -0.4 is 5.32 Å². The van der Waals surface area contributed by atoms with Gasteiger partial charge in [0.25, 0.3) is 5.91 Å². The first kappa shape index (κ1) is 19.8. The molecular weight excluding hydrogens is 336 g/mol. The number of benzene rings is 1. The molecule has 0 aromatic heterocycles. The van der Waals surface area contributed by atoms with E-state index in [9.17, 15) is 22.8 Å². The molecule has 0 bridgehead atoms. The van der Waals surface area contributed by atoms with Crippen LogP contribution in [0.5, 0.6) is 0 Å². The Hall–Kier alpha value is -2.26. The molecule has 0 radical (unpaired) electrons. The number of nitrogens with one attached hydrogen (secondary N) is 1. The van der Waals surface area contributed by atoms with Gasteiger partial charge in [0.1, 0.15) is 5.78 Å². The van der Waals surface area contributed by atoms with E-state index >= 15 is 0 Å². The van der Waals surface area contributed by atoms with E-state index < -0.39 is 28.5 Å². The molecule has 0 saturated heterocycles. The Balaban J connectivity index is 2.54. The van der Waals surface area contributed by atoms with Gasteiger partial charge >= 0.3 is 5.97 Å². The van der Waals surface area contributed by atoms with E-state index in [-0.39, 0.29) is 23.5 Å². The molecule has 0 aliphatic rings. The van der Waals surface area contributed by atoms with Crippen molar-refractivity contribution >= 4 is 33.4 Å². The number of sulfonamides is 1. The van der Waals surface area contributed by atoms with E-state index in [4.69, 9.17) is 4.74 Å². The first-order valence-electron chi connectivity index (χ1n) is 7.10. The van der Waals surface area contributed by atoms with Gasteiger partial charge in [-0.2, -0.15) is 0 Å². The summed E-state index contributed by atoms with van der Waals surface area (Å²) in [5.74, 6) is -1.33. The molecule has 132 valence electrons. The zero-order chi connectivity index (χ0) is 18.3. The fourth-order valence-electron chi connectivity index (χ4n) is 1.61. The van der Waals surface area contributed by atoms with Gasteiger partial charge in [-0.25, -0.2) is 12.7 Å². The highest BCUT2D eigenvalue weighted by atomic mass is 32.2. The summed E-state index contributed by atoms with van der Waals surface area (Å²) in [6.07, 6.45) is 0.00195. The second-order valence-corrected chi connectivity index (χ2v) is 7.37. The van der Waals surface area contributed by atoms with E-state index in [0.29, 0.717) is 5.69 Å². The summed E-state index contributed by atoms with van der Waals surface area (Å²) in [6, 6.07) is 5.60. The highest BCUT2D eigenvalue weighted by molar-refractivity contribution is 7.89. The molecule has 24 heavy (non-hydrogen) atoms. The monoisotopic (exact) mass is 356 g/mol. The predicted molar refractivity (Wildman–Crippen MR) is 86.8 cm³/mol. The van der Waals surface area contributed by atoms with E-state index in [1.54, 1.807) is 0 Å². The van der Waals surface area contributed by atoms with Crippen LogP contribution in [-0.4, -0.2) is 51.1 Å². The molecule has 0 aliphatic heterocycles. The molecular formula is C15H20N2O6S. The Bertz CT molecular complexity index is 710. The molecule has 1 aromatic rings. The van der Waals surface area contributed by atoms with Crippen LogP contribution in [0, 0.1) is 0 Å². The molecule has 0 fully saturated rings. The molecule has 1 rings (SSSR count). The Labute approximate surface area is 140 Å². The van der Waals surface area contributed by atoms with Gasteiger partial charge in [0.05, 0.1) is 11.3 Å². The molecule has 0 aliphatic carbocycles. The van der Waals surface area contributed by atoms with Crippen LogP contribution in [0.25, 0.3) is 0 Å². The number of hydrogen-bond donors (Lipinski definition) is 1. The summed E-state index contributed by atoms with van der Waals surface area (Å²) in [7, 11) is -0.689. The van der Waals surface area contributed by atoms with Crippen molar-refractivity contribution in [1.29, 1.82) is 0 Å². The van der Waals surface area contributed by atoms with Gasteiger partial charge in [-0.3, -0.25) is 9.59 Å². The average molecular weight is 356 g/mol.